The molecule has 0 unspecified atom stereocenters. The van der Waals surface area contributed by atoms with Crippen molar-refractivity contribution in [3.63, 3.8) is 0 Å². The summed E-state index contributed by atoms with van der Waals surface area (Å²) in [4.78, 5) is 15.2. The molecule has 2 aliphatic rings. The molecule has 3 atom stereocenters. The van der Waals surface area contributed by atoms with E-state index in [1.807, 2.05) is 65.9 Å². The van der Waals surface area contributed by atoms with Gasteiger partial charge in [0.2, 0.25) is 5.91 Å². The van der Waals surface area contributed by atoms with E-state index in [0.717, 1.165) is 17.9 Å². The van der Waals surface area contributed by atoms with Crippen molar-refractivity contribution in [2.75, 3.05) is 11.5 Å². The van der Waals surface area contributed by atoms with Gasteiger partial charge < -0.3 is 18.9 Å². The number of amides is 1. The molecular formula is C23H24N4O3S. The lowest BCUT2D eigenvalue weighted by Crippen LogP contribution is -2.40. The Hall–Kier alpha value is -3.00. The van der Waals surface area contributed by atoms with Crippen LogP contribution in [-0.4, -0.2) is 38.6 Å². The van der Waals surface area contributed by atoms with E-state index in [2.05, 4.69) is 23.2 Å². The minimum absolute atomic E-state index is 0.0816. The molecule has 8 heteroatoms. The van der Waals surface area contributed by atoms with Gasteiger partial charge >= 0.3 is 0 Å². The van der Waals surface area contributed by atoms with E-state index in [9.17, 15) is 4.79 Å². The Morgan fingerprint density at radius 2 is 1.87 bits per heavy atom. The van der Waals surface area contributed by atoms with Gasteiger partial charge in [0, 0.05) is 18.8 Å². The van der Waals surface area contributed by atoms with Crippen molar-refractivity contribution in [2.24, 2.45) is 7.05 Å². The van der Waals surface area contributed by atoms with E-state index in [0.29, 0.717) is 23.3 Å². The van der Waals surface area contributed by atoms with Crippen LogP contribution >= 0.6 is 11.8 Å². The van der Waals surface area contributed by atoms with Gasteiger partial charge in [-0.2, -0.15) is 0 Å². The number of nitrogens with zero attached hydrogens (tertiary/aromatic N) is 4. The lowest BCUT2D eigenvalue weighted by molar-refractivity contribution is -0.118. The van der Waals surface area contributed by atoms with Gasteiger partial charge in [-0.1, -0.05) is 42.1 Å². The monoisotopic (exact) mass is 436 g/mol. The maximum atomic E-state index is 13.3. The van der Waals surface area contributed by atoms with Crippen LogP contribution in [0, 0.1) is 0 Å². The molecule has 2 aromatic carbocycles. The van der Waals surface area contributed by atoms with Crippen molar-refractivity contribution in [1.82, 2.24) is 14.8 Å². The lowest BCUT2D eigenvalue weighted by Gasteiger charge is -2.26. The van der Waals surface area contributed by atoms with Crippen LogP contribution in [0.5, 0.6) is 11.5 Å². The van der Waals surface area contributed by atoms with Crippen molar-refractivity contribution in [3.8, 4) is 11.5 Å². The first-order valence-electron chi connectivity index (χ1n) is 10.4. The third-order valence-electron chi connectivity index (χ3n) is 5.74. The zero-order valence-corrected chi connectivity index (χ0v) is 18.5. The molecule has 0 saturated heterocycles. The van der Waals surface area contributed by atoms with E-state index in [1.165, 1.54) is 17.3 Å². The molecule has 0 bridgehead atoms. The van der Waals surface area contributed by atoms with Gasteiger partial charge in [0.05, 0.1) is 5.25 Å². The fraction of sp³-hybridized carbons (Fsp3) is 0.348. The molecule has 0 N–H and O–H groups in total. The van der Waals surface area contributed by atoms with E-state index < -0.39 is 0 Å². The highest BCUT2D eigenvalue weighted by Gasteiger charge is 2.34. The van der Waals surface area contributed by atoms with Crippen LogP contribution < -0.4 is 14.4 Å². The number of hydrogen-bond donors (Lipinski definition) is 0. The quantitative estimate of drug-likeness (QED) is 0.580. The highest BCUT2D eigenvalue weighted by molar-refractivity contribution is 8.00. The van der Waals surface area contributed by atoms with E-state index in [-0.39, 0.29) is 23.3 Å². The van der Waals surface area contributed by atoms with Crippen LogP contribution in [0.3, 0.4) is 0 Å². The Balaban J connectivity index is 1.31. The average molecular weight is 437 g/mol. The molecule has 3 aromatic rings. The van der Waals surface area contributed by atoms with Crippen LogP contribution in [0.4, 0.5) is 5.69 Å². The van der Waals surface area contributed by atoms with Crippen molar-refractivity contribution < 1.29 is 14.3 Å². The number of benzene rings is 2. The predicted molar refractivity (Wildman–Crippen MR) is 119 cm³/mol. The molecule has 1 aromatic heterocycles. The molecule has 0 saturated carbocycles. The minimum Gasteiger partial charge on any atom is -0.485 e. The summed E-state index contributed by atoms with van der Waals surface area (Å²) in [5.41, 5.74) is 2.23. The van der Waals surface area contributed by atoms with Gasteiger partial charge in [-0.3, -0.25) is 4.79 Å². The van der Waals surface area contributed by atoms with Gasteiger partial charge in [0.1, 0.15) is 6.61 Å². The Morgan fingerprint density at radius 3 is 2.71 bits per heavy atom. The molecule has 7 nitrogen and oxygen atoms in total. The summed E-state index contributed by atoms with van der Waals surface area (Å²) in [6, 6.07) is 15.9. The van der Waals surface area contributed by atoms with E-state index in [4.69, 9.17) is 9.47 Å². The SMILES string of the molecule is C[C@@H](Sc1nnc([C@@H]2COc3ccccc3O2)n1C)C(=O)N1c2ccccc2C[C@@H]1C. The number of anilines is 1. The van der Waals surface area contributed by atoms with E-state index >= 15 is 0 Å². The van der Waals surface area contributed by atoms with Crippen LogP contribution in [-0.2, 0) is 18.3 Å². The van der Waals surface area contributed by atoms with Crippen LogP contribution in [0.2, 0.25) is 0 Å². The summed E-state index contributed by atoms with van der Waals surface area (Å²) in [5, 5.41) is 9.05. The second-order valence-electron chi connectivity index (χ2n) is 7.91. The molecule has 31 heavy (non-hydrogen) atoms. The fourth-order valence-corrected chi connectivity index (χ4v) is 5.03. The fourth-order valence-electron chi connectivity index (χ4n) is 4.16. The summed E-state index contributed by atoms with van der Waals surface area (Å²) < 4.78 is 13.8. The third-order valence-corrected chi connectivity index (χ3v) is 6.86. The Labute approximate surface area is 185 Å². The smallest absolute Gasteiger partial charge is 0.240 e. The van der Waals surface area contributed by atoms with Crippen LogP contribution in [0.25, 0.3) is 0 Å². The average Bonchev–Trinajstić information content (AvgIpc) is 3.31. The molecule has 160 valence electrons. The molecule has 3 heterocycles. The number of thioether (sulfide) groups is 1. The number of hydrogen-bond acceptors (Lipinski definition) is 6. The third kappa shape index (κ3) is 3.54. The second-order valence-corrected chi connectivity index (χ2v) is 9.22. The summed E-state index contributed by atoms with van der Waals surface area (Å²) in [6.07, 6.45) is 0.534. The molecule has 0 spiro atoms. The highest BCUT2D eigenvalue weighted by atomic mass is 32.2. The largest absolute Gasteiger partial charge is 0.485 e. The molecule has 1 amide bonds. The number of para-hydroxylation sites is 3. The van der Waals surface area contributed by atoms with Gasteiger partial charge in [-0.25, -0.2) is 0 Å². The first-order chi connectivity index (χ1) is 15.0. The maximum absolute atomic E-state index is 13.3. The number of carbonyl (C=O) groups is 1. The topological polar surface area (TPSA) is 69.5 Å². The molecule has 0 fully saturated rings. The Bertz CT molecular complexity index is 1130. The van der Waals surface area contributed by atoms with Gasteiger partial charge in [0.15, 0.2) is 28.6 Å². The summed E-state index contributed by atoms with van der Waals surface area (Å²) >= 11 is 1.41. The second kappa shape index (κ2) is 7.92. The van der Waals surface area contributed by atoms with Gasteiger partial charge in [-0.05, 0) is 44.0 Å². The normalized spacial score (nSPS) is 20.4. The first kappa shape index (κ1) is 19.9. The zero-order chi connectivity index (χ0) is 21.5. The minimum atomic E-state index is -0.349. The zero-order valence-electron chi connectivity index (χ0n) is 17.7. The molecule has 2 aliphatic heterocycles. The first-order valence-corrected chi connectivity index (χ1v) is 11.3. The van der Waals surface area contributed by atoms with Crippen molar-refractivity contribution in [2.45, 2.75) is 42.8 Å². The van der Waals surface area contributed by atoms with Gasteiger partial charge in [0.25, 0.3) is 0 Å². The number of carbonyl (C=O) groups excluding carboxylic acids is 1. The molecular weight excluding hydrogens is 412 g/mol. The van der Waals surface area contributed by atoms with Crippen molar-refractivity contribution in [1.29, 1.82) is 0 Å². The molecule has 0 aliphatic carbocycles. The summed E-state index contributed by atoms with van der Waals surface area (Å²) in [6.45, 7) is 4.38. The number of rotatable bonds is 4. The number of ether oxygens (including phenoxy) is 2. The maximum Gasteiger partial charge on any atom is 0.240 e. The van der Waals surface area contributed by atoms with Crippen LogP contribution in [0.15, 0.2) is 53.7 Å². The summed E-state index contributed by atoms with van der Waals surface area (Å²) in [5.74, 6) is 2.19. The number of fused-ring (bicyclic) bond motifs is 2. The van der Waals surface area contributed by atoms with Crippen molar-refractivity contribution >= 4 is 23.4 Å². The van der Waals surface area contributed by atoms with Crippen molar-refractivity contribution in [3.05, 3.63) is 59.9 Å². The van der Waals surface area contributed by atoms with Gasteiger partial charge in [-0.15, -0.1) is 10.2 Å². The summed E-state index contributed by atoms with van der Waals surface area (Å²) in [7, 11) is 1.90. The Morgan fingerprint density at radius 1 is 1.13 bits per heavy atom. The molecule has 0 radical (unpaired) electrons. The predicted octanol–water partition coefficient (Wildman–Crippen LogP) is 3.79. The molecule has 5 rings (SSSR count). The van der Waals surface area contributed by atoms with Crippen LogP contribution in [0.1, 0.15) is 31.3 Å². The van der Waals surface area contributed by atoms with E-state index in [1.54, 1.807) is 0 Å². The number of aromatic nitrogens is 3. The lowest BCUT2D eigenvalue weighted by atomic mass is 10.1. The standard InChI is InChI=1S/C23H24N4O3S/c1-14-12-16-8-4-5-9-17(16)27(14)22(28)15(2)31-23-25-24-21(26(23)3)20-13-29-18-10-6-7-11-19(18)30-20/h4-11,14-15,20H,12-13H2,1-3H3/t14-,15+,20-/m0/s1. The Kier molecular flexibility index (Phi) is 5.09. The highest BCUT2D eigenvalue weighted by Crippen LogP contribution is 2.37.